The molecule has 3 aromatic rings. The number of aromatic nitrogens is 4. The van der Waals surface area contributed by atoms with Crippen LogP contribution in [0, 0.1) is 0 Å². The van der Waals surface area contributed by atoms with Crippen LogP contribution in [0.3, 0.4) is 0 Å². The van der Waals surface area contributed by atoms with Crippen molar-refractivity contribution in [3.63, 3.8) is 0 Å². The van der Waals surface area contributed by atoms with Gasteiger partial charge in [-0.2, -0.15) is 0 Å². The lowest BCUT2D eigenvalue weighted by atomic mass is 10.2. The minimum absolute atomic E-state index is 0.200. The fourth-order valence-corrected chi connectivity index (χ4v) is 3.75. The zero-order valence-electron chi connectivity index (χ0n) is 16.2. The Balaban J connectivity index is 1.46. The number of amides is 1. The molecule has 30 heavy (non-hydrogen) atoms. The minimum atomic E-state index is -0.200. The fraction of sp³-hybridized carbons (Fsp3) is 0.316. The number of nitrogens with zero attached hydrogens (tertiary/aromatic N) is 5. The first-order valence-electron chi connectivity index (χ1n) is 9.54. The number of hydrogen-bond acceptors (Lipinski definition) is 10. The Labute approximate surface area is 177 Å². The van der Waals surface area contributed by atoms with Crippen molar-refractivity contribution in [1.82, 2.24) is 25.3 Å². The van der Waals surface area contributed by atoms with Gasteiger partial charge in [-0.1, -0.05) is 11.3 Å². The number of hydrogen-bond donors (Lipinski definition) is 3. The van der Waals surface area contributed by atoms with Crippen LogP contribution in [0.15, 0.2) is 37.1 Å². The van der Waals surface area contributed by atoms with Crippen LogP contribution in [0.25, 0.3) is 10.4 Å². The monoisotopic (exact) mass is 426 g/mol. The number of nitrogens with one attached hydrogen (secondary N) is 2. The van der Waals surface area contributed by atoms with E-state index < -0.39 is 0 Å². The number of pyridine rings is 1. The summed E-state index contributed by atoms with van der Waals surface area (Å²) in [5, 5.41) is 6.66. The summed E-state index contributed by atoms with van der Waals surface area (Å²) in [5.41, 5.74) is 6.73. The lowest BCUT2D eigenvalue weighted by molar-refractivity contribution is 0.0954. The van der Waals surface area contributed by atoms with E-state index in [1.807, 2.05) is 6.07 Å². The molecule has 1 fully saturated rings. The molecule has 1 amide bonds. The van der Waals surface area contributed by atoms with Gasteiger partial charge < -0.3 is 26.0 Å². The van der Waals surface area contributed by atoms with Crippen molar-refractivity contribution in [2.75, 3.05) is 49.6 Å². The lowest BCUT2D eigenvalue weighted by Gasteiger charge is -2.27. The van der Waals surface area contributed by atoms with Crippen LogP contribution in [0.1, 0.15) is 10.4 Å². The molecule has 4 N–H and O–H groups in total. The van der Waals surface area contributed by atoms with E-state index in [9.17, 15) is 4.79 Å². The maximum absolute atomic E-state index is 12.1. The van der Waals surface area contributed by atoms with E-state index in [2.05, 4.69) is 35.5 Å². The summed E-state index contributed by atoms with van der Waals surface area (Å²) in [4.78, 5) is 32.4. The number of morpholine rings is 1. The summed E-state index contributed by atoms with van der Waals surface area (Å²) in [6, 6.07) is 3.69. The first-order valence-corrected chi connectivity index (χ1v) is 10.4. The van der Waals surface area contributed by atoms with Gasteiger partial charge in [-0.25, -0.2) is 15.0 Å². The Bertz CT molecular complexity index is 1010. The third kappa shape index (κ3) is 4.87. The van der Waals surface area contributed by atoms with Crippen LogP contribution in [0.5, 0.6) is 0 Å². The quantitative estimate of drug-likeness (QED) is 0.511. The van der Waals surface area contributed by atoms with Crippen molar-refractivity contribution in [3.05, 3.63) is 42.6 Å². The van der Waals surface area contributed by atoms with Crippen LogP contribution in [-0.4, -0.2) is 65.2 Å². The van der Waals surface area contributed by atoms with Gasteiger partial charge in [0, 0.05) is 56.4 Å². The number of anilines is 3. The van der Waals surface area contributed by atoms with Crippen molar-refractivity contribution in [2.45, 2.75) is 0 Å². The molecule has 1 aliphatic heterocycles. The predicted octanol–water partition coefficient (Wildman–Crippen LogP) is 1.26. The summed E-state index contributed by atoms with van der Waals surface area (Å²) >= 11 is 1.45. The summed E-state index contributed by atoms with van der Waals surface area (Å²) in [7, 11) is 0. The van der Waals surface area contributed by atoms with E-state index in [-0.39, 0.29) is 5.91 Å². The zero-order chi connectivity index (χ0) is 20.8. The first kappa shape index (κ1) is 20.1. The van der Waals surface area contributed by atoms with Gasteiger partial charge >= 0.3 is 0 Å². The molecule has 0 saturated carbocycles. The van der Waals surface area contributed by atoms with Gasteiger partial charge in [0.2, 0.25) is 0 Å². The second-order valence-corrected chi connectivity index (χ2v) is 7.55. The largest absolute Gasteiger partial charge is 0.378 e. The van der Waals surface area contributed by atoms with E-state index >= 15 is 0 Å². The molecular weight excluding hydrogens is 404 g/mol. The van der Waals surface area contributed by atoms with E-state index in [1.54, 1.807) is 18.5 Å². The molecule has 0 aliphatic carbocycles. The maximum atomic E-state index is 12.1. The second-order valence-electron chi connectivity index (χ2n) is 6.52. The van der Waals surface area contributed by atoms with Gasteiger partial charge in [0.25, 0.3) is 5.91 Å². The lowest BCUT2D eigenvalue weighted by Crippen LogP contribution is -2.36. The van der Waals surface area contributed by atoms with Gasteiger partial charge in [0.1, 0.15) is 18.0 Å². The molecule has 4 heterocycles. The molecule has 11 heteroatoms. The van der Waals surface area contributed by atoms with Gasteiger partial charge in [-0.3, -0.25) is 9.78 Å². The Morgan fingerprint density at radius 1 is 1.17 bits per heavy atom. The fourth-order valence-electron chi connectivity index (χ4n) is 2.94. The van der Waals surface area contributed by atoms with Crippen molar-refractivity contribution >= 4 is 34.0 Å². The minimum Gasteiger partial charge on any atom is -0.378 e. The van der Waals surface area contributed by atoms with E-state index in [0.29, 0.717) is 42.8 Å². The normalized spacial score (nSPS) is 13.8. The second kappa shape index (κ2) is 9.57. The molecule has 0 atom stereocenters. The molecule has 0 aromatic carbocycles. The van der Waals surface area contributed by atoms with Crippen molar-refractivity contribution in [1.29, 1.82) is 0 Å². The Morgan fingerprint density at radius 2 is 2.03 bits per heavy atom. The topological polar surface area (TPSA) is 131 Å². The van der Waals surface area contributed by atoms with Crippen LogP contribution < -0.4 is 21.3 Å². The summed E-state index contributed by atoms with van der Waals surface area (Å²) in [6.07, 6.45) is 6.52. The highest BCUT2D eigenvalue weighted by atomic mass is 32.1. The molecule has 156 valence electrons. The number of rotatable bonds is 7. The van der Waals surface area contributed by atoms with Crippen molar-refractivity contribution < 1.29 is 9.53 Å². The van der Waals surface area contributed by atoms with Crippen LogP contribution in [0.4, 0.5) is 16.8 Å². The molecule has 0 spiro atoms. The number of carbonyl (C=O) groups is 1. The molecule has 3 aromatic heterocycles. The number of thiazole rings is 1. The van der Waals surface area contributed by atoms with Gasteiger partial charge in [-0.05, 0) is 6.07 Å². The average Bonchev–Trinajstić information content (AvgIpc) is 3.27. The molecule has 0 unspecified atom stereocenters. The highest BCUT2D eigenvalue weighted by molar-refractivity contribution is 7.18. The van der Waals surface area contributed by atoms with Crippen LogP contribution in [0.2, 0.25) is 0 Å². The molecule has 1 aliphatic rings. The number of nitrogens with two attached hydrogens (primary N) is 1. The first-order chi connectivity index (χ1) is 14.7. The van der Waals surface area contributed by atoms with Crippen LogP contribution >= 0.6 is 11.3 Å². The van der Waals surface area contributed by atoms with Crippen molar-refractivity contribution in [2.24, 2.45) is 5.73 Å². The SMILES string of the molecule is NCCNC(=O)c1cncc(-c2cnc(Nc3cc(N4CCOCC4)ncn3)s2)c1. The standard InChI is InChI=1S/C19H22N8O2S/c20-1-2-22-18(28)14-7-13(9-21-10-14)15-11-23-19(30-15)26-16-8-17(25-12-24-16)27-3-5-29-6-4-27/h7-12H,1-6,20H2,(H,22,28)(H,23,24,25,26). The Kier molecular flexibility index (Phi) is 6.42. The van der Waals surface area contributed by atoms with Gasteiger partial charge in [0.15, 0.2) is 5.13 Å². The number of carbonyl (C=O) groups excluding carboxylic acids is 1. The predicted molar refractivity (Wildman–Crippen MR) is 115 cm³/mol. The van der Waals surface area contributed by atoms with Gasteiger partial charge in [0.05, 0.1) is 23.7 Å². The number of ether oxygens (including phenoxy) is 1. The van der Waals surface area contributed by atoms with Gasteiger partial charge in [-0.15, -0.1) is 0 Å². The summed E-state index contributed by atoms with van der Waals surface area (Å²) in [6.45, 7) is 3.81. The van der Waals surface area contributed by atoms with E-state index in [1.165, 1.54) is 23.9 Å². The molecular formula is C19H22N8O2S. The maximum Gasteiger partial charge on any atom is 0.252 e. The van der Waals surface area contributed by atoms with Crippen LogP contribution in [-0.2, 0) is 4.74 Å². The Morgan fingerprint density at radius 3 is 2.87 bits per heavy atom. The van der Waals surface area contributed by atoms with E-state index in [4.69, 9.17) is 10.5 Å². The summed E-state index contributed by atoms with van der Waals surface area (Å²) < 4.78 is 5.39. The van der Waals surface area contributed by atoms with E-state index in [0.717, 1.165) is 29.3 Å². The highest BCUT2D eigenvalue weighted by Gasteiger charge is 2.14. The third-order valence-corrected chi connectivity index (χ3v) is 5.41. The molecule has 1 saturated heterocycles. The molecule has 10 nitrogen and oxygen atoms in total. The highest BCUT2D eigenvalue weighted by Crippen LogP contribution is 2.30. The molecule has 4 rings (SSSR count). The van der Waals surface area contributed by atoms with Crippen molar-refractivity contribution in [3.8, 4) is 10.4 Å². The average molecular weight is 427 g/mol. The zero-order valence-corrected chi connectivity index (χ0v) is 17.1. The molecule has 0 radical (unpaired) electrons. The third-order valence-electron chi connectivity index (χ3n) is 4.44. The smallest absolute Gasteiger partial charge is 0.252 e. The molecule has 0 bridgehead atoms. The summed E-state index contributed by atoms with van der Waals surface area (Å²) in [5.74, 6) is 1.32. The Hall–Kier alpha value is -3.15.